The third kappa shape index (κ3) is 3.95. The first-order chi connectivity index (χ1) is 11.5. The predicted octanol–water partition coefficient (Wildman–Crippen LogP) is 1.60. The maximum absolute atomic E-state index is 12.4. The lowest BCUT2D eigenvalue weighted by atomic mass is 9.97. The van der Waals surface area contributed by atoms with Gasteiger partial charge in [-0.1, -0.05) is 23.7 Å². The van der Waals surface area contributed by atoms with Gasteiger partial charge >= 0.3 is 0 Å². The van der Waals surface area contributed by atoms with Crippen LogP contribution >= 0.6 is 11.6 Å². The van der Waals surface area contributed by atoms with Crippen molar-refractivity contribution in [3.63, 3.8) is 0 Å². The summed E-state index contributed by atoms with van der Waals surface area (Å²) in [4.78, 5) is 25.8. The summed E-state index contributed by atoms with van der Waals surface area (Å²) >= 11 is 5.91. The number of amides is 1. The largest absolute Gasteiger partial charge is 0.503 e. The Balaban J connectivity index is 2.23. The molecule has 6 nitrogen and oxygen atoms in total. The van der Waals surface area contributed by atoms with E-state index in [0.717, 1.165) is 5.56 Å². The van der Waals surface area contributed by atoms with Crippen LogP contribution in [0.15, 0.2) is 35.6 Å². The van der Waals surface area contributed by atoms with Crippen molar-refractivity contribution in [3.05, 3.63) is 46.2 Å². The van der Waals surface area contributed by atoms with E-state index in [2.05, 4.69) is 5.32 Å². The molecular formula is C17H21ClN2O4. The van der Waals surface area contributed by atoms with Crippen LogP contribution in [-0.2, 0) is 9.59 Å². The number of carbonyl (C=O) groups is 2. The van der Waals surface area contributed by atoms with Gasteiger partial charge in [-0.15, -0.1) is 0 Å². The molecule has 1 aromatic carbocycles. The van der Waals surface area contributed by atoms with Gasteiger partial charge in [0.15, 0.2) is 11.5 Å². The van der Waals surface area contributed by atoms with Crippen LogP contribution < -0.4 is 5.32 Å². The predicted molar refractivity (Wildman–Crippen MR) is 90.8 cm³/mol. The Hall–Kier alpha value is -1.89. The first-order valence-electron chi connectivity index (χ1n) is 7.79. The van der Waals surface area contributed by atoms with Crippen LogP contribution in [0.25, 0.3) is 0 Å². The molecule has 3 N–H and O–H groups in total. The maximum atomic E-state index is 12.4. The van der Waals surface area contributed by atoms with Crippen molar-refractivity contribution in [1.82, 2.24) is 10.2 Å². The number of ketones is 1. The molecule has 1 heterocycles. The smallest absolute Gasteiger partial charge is 0.290 e. The molecule has 1 aliphatic heterocycles. The number of nitrogens with one attached hydrogen (secondary N) is 1. The van der Waals surface area contributed by atoms with E-state index in [1.807, 2.05) is 0 Å². The summed E-state index contributed by atoms with van der Waals surface area (Å²) in [5.74, 6) is -1.35. The fourth-order valence-corrected chi connectivity index (χ4v) is 2.94. The number of nitrogens with zero attached hydrogens (tertiary/aromatic N) is 1. The van der Waals surface area contributed by atoms with Gasteiger partial charge in [0.2, 0.25) is 0 Å². The molecule has 0 bridgehead atoms. The maximum Gasteiger partial charge on any atom is 0.290 e. The molecule has 1 aromatic rings. The van der Waals surface area contributed by atoms with Crippen LogP contribution in [0.4, 0.5) is 0 Å². The van der Waals surface area contributed by atoms with Gasteiger partial charge in [0.1, 0.15) is 0 Å². The minimum Gasteiger partial charge on any atom is -0.503 e. The lowest BCUT2D eigenvalue weighted by Gasteiger charge is -2.26. The highest BCUT2D eigenvalue weighted by atomic mass is 35.5. The van der Waals surface area contributed by atoms with E-state index >= 15 is 0 Å². The first-order valence-corrected chi connectivity index (χ1v) is 8.17. The molecule has 0 fully saturated rings. The Labute approximate surface area is 145 Å². The SMILES string of the molecule is CC(=O)C1=C(O)C(=O)N(CCCNCCO)[C@@H]1c1ccc(Cl)cc1. The number of hydrogen-bond donors (Lipinski definition) is 3. The van der Waals surface area contributed by atoms with E-state index in [9.17, 15) is 14.7 Å². The third-order valence-corrected chi connectivity index (χ3v) is 4.16. The van der Waals surface area contributed by atoms with Crippen molar-refractivity contribution in [1.29, 1.82) is 0 Å². The number of halogens is 1. The van der Waals surface area contributed by atoms with E-state index in [0.29, 0.717) is 31.1 Å². The molecule has 0 saturated carbocycles. The summed E-state index contributed by atoms with van der Waals surface area (Å²) in [6, 6.07) is 6.27. The summed E-state index contributed by atoms with van der Waals surface area (Å²) < 4.78 is 0. The van der Waals surface area contributed by atoms with Gasteiger partial charge in [0.25, 0.3) is 5.91 Å². The molecule has 0 saturated heterocycles. The summed E-state index contributed by atoms with van der Waals surface area (Å²) in [5.41, 5.74) is 0.843. The molecule has 1 aliphatic rings. The Morgan fingerprint density at radius 3 is 2.54 bits per heavy atom. The molecule has 0 aliphatic carbocycles. The van der Waals surface area contributed by atoms with E-state index in [1.54, 1.807) is 24.3 Å². The molecule has 2 rings (SSSR count). The average molecular weight is 353 g/mol. The minimum absolute atomic E-state index is 0.0485. The van der Waals surface area contributed by atoms with Crippen LogP contribution in [0, 0.1) is 0 Å². The number of aliphatic hydroxyl groups excluding tert-OH is 2. The fraction of sp³-hybridized carbons (Fsp3) is 0.412. The quantitative estimate of drug-likeness (QED) is 0.618. The molecular weight excluding hydrogens is 332 g/mol. The molecule has 130 valence electrons. The number of hydrogen-bond acceptors (Lipinski definition) is 5. The molecule has 1 atom stereocenters. The number of rotatable bonds is 8. The highest BCUT2D eigenvalue weighted by Crippen LogP contribution is 2.37. The van der Waals surface area contributed by atoms with E-state index in [-0.39, 0.29) is 18.0 Å². The van der Waals surface area contributed by atoms with Gasteiger partial charge in [-0.2, -0.15) is 0 Å². The Morgan fingerprint density at radius 2 is 1.96 bits per heavy atom. The van der Waals surface area contributed by atoms with Crippen molar-refractivity contribution in [3.8, 4) is 0 Å². The van der Waals surface area contributed by atoms with Gasteiger partial charge in [-0.25, -0.2) is 0 Å². The topological polar surface area (TPSA) is 89.9 Å². The van der Waals surface area contributed by atoms with Gasteiger partial charge in [-0.05, 0) is 37.6 Å². The normalized spacial score (nSPS) is 17.7. The van der Waals surface area contributed by atoms with Gasteiger partial charge < -0.3 is 20.4 Å². The molecule has 0 aromatic heterocycles. The highest BCUT2D eigenvalue weighted by molar-refractivity contribution is 6.30. The van der Waals surface area contributed by atoms with Gasteiger partial charge in [-0.3, -0.25) is 9.59 Å². The zero-order valence-corrected chi connectivity index (χ0v) is 14.2. The first kappa shape index (κ1) is 18.4. The molecule has 24 heavy (non-hydrogen) atoms. The summed E-state index contributed by atoms with van der Waals surface area (Å²) in [5, 5.41) is 22.5. The molecule has 0 radical (unpaired) electrons. The average Bonchev–Trinajstić information content (AvgIpc) is 2.80. The van der Waals surface area contributed by atoms with Crippen LogP contribution in [-0.4, -0.2) is 53.0 Å². The molecule has 0 spiro atoms. The van der Waals surface area contributed by atoms with Crippen molar-refractivity contribution >= 4 is 23.3 Å². The molecule has 7 heteroatoms. The van der Waals surface area contributed by atoms with Crippen LogP contribution in [0.3, 0.4) is 0 Å². The number of carbonyl (C=O) groups excluding carboxylic acids is 2. The van der Waals surface area contributed by atoms with Gasteiger partial charge in [0.05, 0.1) is 18.2 Å². The second-order valence-corrected chi connectivity index (χ2v) is 6.03. The van der Waals surface area contributed by atoms with E-state index in [1.165, 1.54) is 11.8 Å². The van der Waals surface area contributed by atoms with E-state index < -0.39 is 17.7 Å². The van der Waals surface area contributed by atoms with Crippen LogP contribution in [0.1, 0.15) is 24.9 Å². The molecule has 1 amide bonds. The monoisotopic (exact) mass is 352 g/mol. The number of aliphatic hydroxyl groups is 2. The Morgan fingerprint density at radius 1 is 1.29 bits per heavy atom. The summed E-state index contributed by atoms with van der Waals surface area (Å²) in [6.45, 7) is 2.87. The van der Waals surface area contributed by atoms with E-state index in [4.69, 9.17) is 16.7 Å². The van der Waals surface area contributed by atoms with Crippen molar-refractivity contribution in [2.75, 3.05) is 26.2 Å². The van der Waals surface area contributed by atoms with Crippen molar-refractivity contribution < 1.29 is 19.8 Å². The van der Waals surface area contributed by atoms with Gasteiger partial charge in [0, 0.05) is 18.1 Å². The lowest BCUT2D eigenvalue weighted by molar-refractivity contribution is -0.129. The third-order valence-electron chi connectivity index (χ3n) is 3.91. The summed E-state index contributed by atoms with van der Waals surface area (Å²) in [7, 11) is 0. The fourth-order valence-electron chi connectivity index (χ4n) is 2.81. The minimum atomic E-state index is -0.606. The Kier molecular flexibility index (Phi) is 6.36. The highest BCUT2D eigenvalue weighted by Gasteiger charge is 2.41. The second-order valence-electron chi connectivity index (χ2n) is 5.60. The zero-order valence-electron chi connectivity index (χ0n) is 13.5. The Bertz CT molecular complexity index is 642. The number of benzene rings is 1. The second kappa shape index (κ2) is 8.28. The zero-order chi connectivity index (χ0) is 17.7. The van der Waals surface area contributed by atoms with Crippen LogP contribution in [0.5, 0.6) is 0 Å². The van der Waals surface area contributed by atoms with Crippen molar-refractivity contribution in [2.45, 2.75) is 19.4 Å². The standard InChI is InChI=1S/C17H21ClN2O4/c1-11(22)14-15(12-3-5-13(18)6-4-12)20(17(24)16(14)23)9-2-7-19-8-10-21/h3-6,15,19,21,23H,2,7-10H2,1H3/t15-/m1/s1. The molecule has 0 unspecified atom stereocenters. The van der Waals surface area contributed by atoms with Crippen LogP contribution in [0.2, 0.25) is 5.02 Å². The lowest BCUT2D eigenvalue weighted by Crippen LogP contribution is -2.33. The summed E-state index contributed by atoms with van der Waals surface area (Å²) in [6.07, 6.45) is 0.633. The van der Waals surface area contributed by atoms with Crippen molar-refractivity contribution in [2.24, 2.45) is 0 Å². The number of Topliss-reactive ketones (excluding diaryl/α,β-unsaturated/α-hetero) is 1.